The third-order valence-electron chi connectivity index (χ3n) is 5.70. The molecule has 1 amide bonds. The molecule has 5 rings (SSSR count). The highest BCUT2D eigenvalue weighted by atomic mass is 16.5. The molecule has 6 nitrogen and oxygen atoms in total. The predicted octanol–water partition coefficient (Wildman–Crippen LogP) is 5.74. The lowest BCUT2D eigenvalue weighted by atomic mass is 10.1. The van der Waals surface area contributed by atoms with Crippen molar-refractivity contribution in [2.75, 3.05) is 6.61 Å². The first-order valence-corrected chi connectivity index (χ1v) is 11.1. The Morgan fingerprint density at radius 3 is 2.73 bits per heavy atom. The number of nitrogens with zero attached hydrogens (tertiary/aromatic N) is 2. The average Bonchev–Trinajstić information content (AvgIpc) is 3.51. The van der Waals surface area contributed by atoms with Crippen LogP contribution in [0.15, 0.2) is 89.5 Å². The van der Waals surface area contributed by atoms with Crippen LogP contribution in [0.5, 0.6) is 5.75 Å². The van der Waals surface area contributed by atoms with Crippen LogP contribution in [-0.2, 0) is 6.54 Å². The second kappa shape index (κ2) is 9.20. The molecule has 0 saturated heterocycles. The number of nitrogens with one attached hydrogen (secondary N) is 1. The topological polar surface area (TPSA) is 69.3 Å². The van der Waals surface area contributed by atoms with Gasteiger partial charge >= 0.3 is 0 Å². The highest BCUT2D eigenvalue weighted by molar-refractivity contribution is 5.91. The number of amides is 1. The van der Waals surface area contributed by atoms with E-state index >= 15 is 0 Å². The van der Waals surface area contributed by atoms with E-state index in [2.05, 4.69) is 34.1 Å². The van der Waals surface area contributed by atoms with Crippen LogP contribution in [0.1, 0.15) is 35.8 Å². The van der Waals surface area contributed by atoms with E-state index in [4.69, 9.17) is 14.1 Å². The molecule has 0 bridgehead atoms. The summed E-state index contributed by atoms with van der Waals surface area (Å²) in [6.45, 7) is 3.24. The van der Waals surface area contributed by atoms with Gasteiger partial charge in [0, 0.05) is 11.9 Å². The largest absolute Gasteiger partial charge is 0.493 e. The highest BCUT2D eigenvalue weighted by Crippen LogP contribution is 2.26. The van der Waals surface area contributed by atoms with E-state index in [0.29, 0.717) is 6.61 Å². The van der Waals surface area contributed by atoms with Gasteiger partial charge in [-0.05, 0) is 49.1 Å². The number of imidazole rings is 1. The number of furan rings is 1. The standard InChI is InChI=1S/C27H25N3O3/c1-19(28-27(31)25-15-7-17-33-25)26-29-22-12-4-5-13-23(22)30(26)16-8-18-32-24-14-6-10-20-9-2-3-11-21(20)24/h2-7,9-15,17,19H,8,16,18H2,1H3,(H,28,31). The number of aromatic nitrogens is 2. The molecule has 0 aliphatic carbocycles. The fourth-order valence-electron chi connectivity index (χ4n) is 4.13. The predicted molar refractivity (Wildman–Crippen MR) is 128 cm³/mol. The summed E-state index contributed by atoms with van der Waals surface area (Å²) in [6.07, 6.45) is 2.29. The minimum atomic E-state index is -0.283. The number of rotatable bonds is 8. The molecule has 3 aromatic carbocycles. The van der Waals surface area contributed by atoms with Gasteiger partial charge in [-0.2, -0.15) is 0 Å². The number of benzene rings is 3. The zero-order valence-electron chi connectivity index (χ0n) is 18.4. The minimum absolute atomic E-state index is 0.259. The molecule has 0 fully saturated rings. The summed E-state index contributed by atoms with van der Waals surface area (Å²) < 4.78 is 13.5. The Morgan fingerprint density at radius 1 is 1.03 bits per heavy atom. The van der Waals surface area contributed by atoms with Gasteiger partial charge in [0.1, 0.15) is 11.6 Å². The van der Waals surface area contributed by atoms with E-state index in [0.717, 1.165) is 41.0 Å². The normalized spacial score (nSPS) is 12.2. The van der Waals surface area contributed by atoms with Crippen molar-refractivity contribution in [1.29, 1.82) is 0 Å². The van der Waals surface area contributed by atoms with Crippen LogP contribution in [0.25, 0.3) is 21.8 Å². The van der Waals surface area contributed by atoms with Gasteiger partial charge in [0.25, 0.3) is 5.91 Å². The second-order valence-corrected chi connectivity index (χ2v) is 7.96. The smallest absolute Gasteiger partial charge is 0.287 e. The Balaban J connectivity index is 1.31. The van der Waals surface area contributed by atoms with Crippen molar-refractivity contribution in [2.24, 2.45) is 0 Å². The summed E-state index contributed by atoms with van der Waals surface area (Å²) in [5.74, 6) is 1.72. The van der Waals surface area contributed by atoms with Gasteiger partial charge in [0.2, 0.25) is 0 Å². The van der Waals surface area contributed by atoms with Crippen molar-refractivity contribution < 1.29 is 13.9 Å². The van der Waals surface area contributed by atoms with Gasteiger partial charge in [0.05, 0.1) is 29.9 Å². The molecule has 2 aromatic heterocycles. The molecule has 33 heavy (non-hydrogen) atoms. The molecule has 0 aliphatic rings. The van der Waals surface area contributed by atoms with Gasteiger partial charge in [-0.15, -0.1) is 0 Å². The van der Waals surface area contributed by atoms with E-state index in [1.54, 1.807) is 12.1 Å². The Labute approximate surface area is 191 Å². The van der Waals surface area contributed by atoms with Crippen LogP contribution >= 0.6 is 0 Å². The molecular formula is C27H25N3O3. The summed E-state index contributed by atoms with van der Waals surface area (Å²) in [4.78, 5) is 17.3. The summed E-state index contributed by atoms with van der Waals surface area (Å²) in [5.41, 5.74) is 1.94. The lowest BCUT2D eigenvalue weighted by molar-refractivity contribution is 0.0909. The van der Waals surface area contributed by atoms with E-state index in [1.165, 1.54) is 11.6 Å². The summed E-state index contributed by atoms with van der Waals surface area (Å²) in [5, 5.41) is 5.27. The zero-order chi connectivity index (χ0) is 22.6. The van der Waals surface area contributed by atoms with Gasteiger partial charge in [0.15, 0.2) is 5.76 Å². The number of carbonyl (C=O) groups excluding carboxylic acids is 1. The number of carbonyl (C=O) groups is 1. The maximum Gasteiger partial charge on any atom is 0.287 e. The fraction of sp³-hybridized carbons (Fsp3) is 0.185. The number of hydrogen-bond acceptors (Lipinski definition) is 4. The summed E-state index contributed by atoms with van der Waals surface area (Å²) in [7, 11) is 0. The third-order valence-corrected chi connectivity index (χ3v) is 5.70. The zero-order valence-corrected chi connectivity index (χ0v) is 18.4. The number of fused-ring (bicyclic) bond motifs is 2. The van der Waals surface area contributed by atoms with Crippen LogP contribution in [0.4, 0.5) is 0 Å². The van der Waals surface area contributed by atoms with Crippen LogP contribution in [-0.4, -0.2) is 22.1 Å². The van der Waals surface area contributed by atoms with Crippen LogP contribution in [0, 0.1) is 0 Å². The van der Waals surface area contributed by atoms with Crippen molar-refractivity contribution in [3.63, 3.8) is 0 Å². The van der Waals surface area contributed by atoms with Crippen molar-refractivity contribution in [3.05, 3.63) is 96.7 Å². The third kappa shape index (κ3) is 4.32. The molecule has 1 atom stereocenters. The molecule has 1 unspecified atom stereocenters. The first-order valence-electron chi connectivity index (χ1n) is 11.1. The molecule has 166 valence electrons. The first-order chi connectivity index (χ1) is 16.2. The first kappa shape index (κ1) is 20.8. The van der Waals surface area contributed by atoms with Gasteiger partial charge in [-0.3, -0.25) is 4.79 Å². The Bertz CT molecular complexity index is 1380. The number of ether oxygens (including phenoxy) is 1. The lowest BCUT2D eigenvalue weighted by Gasteiger charge is -2.16. The number of para-hydroxylation sites is 2. The van der Waals surface area contributed by atoms with E-state index in [1.807, 2.05) is 49.4 Å². The van der Waals surface area contributed by atoms with E-state index in [-0.39, 0.29) is 17.7 Å². The maximum absolute atomic E-state index is 12.5. The van der Waals surface area contributed by atoms with Crippen LogP contribution in [0.3, 0.4) is 0 Å². The molecular weight excluding hydrogens is 414 g/mol. The van der Waals surface area contributed by atoms with Crippen molar-refractivity contribution in [3.8, 4) is 5.75 Å². The molecule has 2 heterocycles. The van der Waals surface area contributed by atoms with E-state index < -0.39 is 0 Å². The lowest BCUT2D eigenvalue weighted by Crippen LogP contribution is -2.28. The molecule has 0 aliphatic heterocycles. The van der Waals surface area contributed by atoms with Crippen LogP contribution < -0.4 is 10.1 Å². The molecule has 5 aromatic rings. The quantitative estimate of drug-likeness (QED) is 0.313. The highest BCUT2D eigenvalue weighted by Gasteiger charge is 2.20. The minimum Gasteiger partial charge on any atom is -0.493 e. The van der Waals surface area contributed by atoms with Crippen molar-refractivity contribution >= 4 is 27.7 Å². The molecule has 0 spiro atoms. The molecule has 0 radical (unpaired) electrons. The van der Waals surface area contributed by atoms with Gasteiger partial charge in [-0.1, -0.05) is 48.5 Å². The average molecular weight is 440 g/mol. The fourth-order valence-corrected chi connectivity index (χ4v) is 4.13. The van der Waals surface area contributed by atoms with E-state index in [9.17, 15) is 4.79 Å². The maximum atomic E-state index is 12.5. The number of aryl methyl sites for hydroxylation is 1. The summed E-state index contributed by atoms with van der Waals surface area (Å²) in [6, 6.07) is 25.4. The Morgan fingerprint density at radius 2 is 1.85 bits per heavy atom. The number of hydrogen-bond donors (Lipinski definition) is 1. The second-order valence-electron chi connectivity index (χ2n) is 7.96. The van der Waals surface area contributed by atoms with Crippen molar-refractivity contribution in [1.82, 2.24) is 14.9 Å². The molecule has 6 heteroatoms. The van der Waals surface area contributed by atoms with Crippen molar-refractivity contribution in [2.45, 2.75) is 25.9 Å². The SMILES string of the molecule is CC(NC(=O)c1ccco1)c1nc2ccccc2n1CCCOc1cccc2ccccc12. The monoisotopic (exact) mass is 439 g/mol. The molecule has 1 N–H and O–H groups in total. The van der Waals surface area contributed by atoms with Gasteiger partial charge in [-0.25, -0.2) is 4.98 Å². The molecule has 0 saturated carbocycles. The summed E-state index contributed by atoms with van der Waals surface area (Å²) >= 11 is 0. The Hall–Kier alpha value is -4.06. The van der Waals surface area contributed by atoms with Crippen LogP contribution in [0.2, 0.25) is 0 Å². The van der Waals surface area contributed by atoms with Gasteiger partial charge < -0.3 is 19.0 Å². The Kier molecular flexibility index (Phi) is 5.81.